The largest absolute Gasteiger partial charge is 0.306 e. The molecule has 0 aliphatic rings. The average molecular weight is 271 g/mol. The Morgan fingerprint density at radius 1 is 0.850 bits per heavy atom. The van der Waals surface area contributed by atoms with Crippen LogP contribution in [0.1, 0.15) is 49.4 Å². The first-order valence-electron chi connectivity index (χ1n) is 7.14. The Bertz CT molecular complexity index is 528. The lowest BCUT2D eigenvalue weighted by atomic mass is 10.0. The first-order valence-corrected chi connectivity index (χ1v) is 7.14. The normalized spacial score (nSPS) is 12.7. The van der Waals surface area contributed by atoms with Gasteiger partial charge in [0.1, 0.15) is 5.82 Å². The lowest BCUT2D eigenvalue weighted by Gasteiger charge is -2.15. The molecule has 1 atom stereocenters. The van der Waals surface area contributed by atoms with Gasteiger partial charge in [-0.1, -0.05) is 50.2 Å². The molecule has 0 heterocycles. The molecule has 0 bridgehead atoms. The molecule has 20 heavy (non-hydrogen) atoms. The van der Waals surface area contributed by atoms with Crippen LogP contribution in [0, 0.1) is 5.82 Å². The Morgan fingerprint density at radius 2 is 1.40 bits per heavy atom. The van der Waals surface area contributed by atoms with E-state index in [-0.39, 0.29) is 11.9 Å². The zero-order valence-electron chi connectivity index (χ0n) is 12.4. The fourth-order valence-corrected chi connectivity index (χ4v) is 2.16. The van der Waals surface area contributed by atoms with Crippen LogP contribution < -0.4 is 5.32 Å². The number of halogens is 1. The average Bonchev–Trinajstić information content (AvgIpc) is 2.46. The van der Waals surface area contributed by atoms with Gasteiger partial charge in [-0.05, 0) is 41.7 Å². The van der Waals surface area contributed by atoms with Crippen molar-refractivity contribution in [3.63, 3.8) is 0 Å². The molecule has 2 rings (SSSR count). The van der Waals surface area contributed by atoms with Crippen LogP contribution in [0.4, 0.5) is 4.39 Å². The van der Waals surface area contributed by atoms with Crippen LogP contribution in [-0.2, 0) is 6.54 Å². The van der Waals surface area contributed by atoms with Crippen LogP contribution in [-0.4, -0.2) is 0 Å². The Morgan fingerprint density at radius 3 is 1.95 bits per heavy atom. The minimum Gasteiger partial charge on any atom is -0.306 e. The Hall–Kier alpha value is -1.67. The van der Waals surface area contributed by atoms with Gasteiger partial charge < -0.3 is 5.32 Å². The zero-order chi connectivity index (χ0) is 14.5. The Kier molecular flexibility index (Phi) is 4.91. The van der Waals surface area contributed by atoms with Gasteiger partial charge in [-0.3, -0.25) is 0 Å². The first-order chi connectivity index (χ1) is 9.56. The molecule has 0 fully saturated rings. The molecule has 0 aliphatic heterocycles. The molecule has 1 N–H and O–H groups in total. The van der Waals surface area contributed by atoms with Crippen molar-refractivity contribution in [3.05, 3.63) is 71.0 Å². The molecule has 0 radical (unpaired) electrons. The third-order valence-corrected chi connectivity index (χ3v) is 3.63. The molecule has 0 saturated heterocycles. The summed E-state index contributed by atoms with van der Waals surface area (Å²) in [6, 6.07) is 15.6. The van der Waals surface area contributed by atoms with E-state index in [0.29, 0.717) is 5.92 Å². The molecule has 0 aliphatic carbocycles. The highest BCUT2D eigenvalue weighted by atomic mass is 19.1. The van der Waals surface area contributed by atoms with Crippen molar-refractivity contribution >= 4 is 0 Å². The number of nitrogens with one attached hydrogen (secondary N) is 1. The van der Waals surface area contributed by atoms with Gasteiger partial charge in [-0.15, -0.1) is 0 Å². The summed E-state index contributed by atoms with van der Waals surface area (Å²) in [6.07, 6.45) is 0. The van der Waals surface area contributed by atoms with Crippen molar-refractivity contribution in [1.82, 2.24) is 5.32 Å². The molecule has 0 aromatic heterocycles. The van der Waals surface area contributed by atoms with E-state index in [4.69, 9.17) is 0 Å². The molecule has 2 heteroatoms. The fourth-order valence-electron chi connectivity index (χ4n) is 2.16. The van der Waals surface area contributed by atoms with Crippen LogP contribution >= 0.6 is 0 Å². The maximum Gasteiger partial charge on any atom is 0.123 e. The molecular weight excluding hydrogens is 249 g/mol. The van der Waals surface area contributed by atoms with Crippen molar-refractivity contribution in [2.75, 3.05) is 0 Å². The summed E-state index contributed by atoms with van der Waals surface area (Å²) in [7, 11) is 0. The Labute approximate surface area is 120 Å². The van der Waals surface area contributed by atoms with Gasteiger partial charge in [0.2, 0.25) is 0 Å². The van der Waals surface area contributed by atoms with Crippen LogP contribution in [0.25, 0.3) is 0 Å². The van der Waals surface area contributed by atoms with Crippen molar-refractivity contribution in [2.24, 2.45) is 0 Å². The summed E-state index contributed by atoms with van der Waals surface area (Å²) in [5.41, 5.74) is 3.73. The molecule has 0 saturated carbocycles. The molecular formula is C18H22FN. The van der Waals surface area contributed by atoms with Crippen molar-refractivity contribution in [1.29, 1.82) is 0 Å². The summed E-state index contributed by atoms with van der Waals surface area (Å²) in [5, 5.41) is 3.46. The third kappa shape index (κ3) is 3.91. The van der Waals surface area contributed by atoms with E-state index >= 15 is 0 Å². The van der Waals surface area contributed by atoms with E-state index in [0.717, 1.165) is 12.1 Å². The van der Waals surface area contributed by atoms with Crippen molar-refractivity contribution in [2.45, 2.75) is 39.3 Å². The fraction of sp³-hybridized carbons (Fsp3) is 0.333. The Balaban J connectivity index is 1.92. The van der Waals surface area contributed by atoms with Gasteiger partial charge in [0.15, 0.2) is 0 Å². The maximum atomic E-state index is 12.9. The smallest absolute Gasteiger partial charge is 0.123 e. The van der Waals surface area contributed by atoms with Gasteiger partial charge in [0.05, 0.1) is 0 Å². The lowest BCUT2D eigenvalue weighted by Crippen LogP contribution is -2.18. The highest BCUT2D eigenvalue weighted by Crippen LogP contribution is 2.16. The zero-order valence-corrected chi connectivity index (χ0v) is 12.4. The molecule has 0 unspecified atom stereocenters. The highest BCUT2D eigenvalue weighted by molar-refractivity contribution is 5.25. The second-order valence-electron chi connectivity index (χ2n) is 5.55. The number of hydrogen-bond donors (Lipinski definition) is 1. The van der Waals surface area contributed by atoms with Crippen LogP contribution in [0.3, 0.4) is 0 Å². The lowest BCUT2D eigenvalue weighted by molar-refractivity contribution is 0.571. The standard InChI is InChI=1S/C18H22FN/c1-13(2)16-6-4-15(5-7-16)12-20-14(3)17-8-10-18(19)11-9-17/h4-11,13-14,20H,12H2,1-3H3/t14-/m0/s1. The molecule has 0 amide bonds. The second kappa shape index (κ2) is 6.67. The summed E-state index contributed by atoms with van der Waals surface area (Å²) in [4.78, 5) is 0. The summed E-state index contributed by atoms with van der Waals surface area (Å²) < 4.78 is 12.9. The van der Waals surface area contributed by atoms with Crippen LogP contribution in [0.2, 0.25) is 0 Å². The van der Waals surface area contributed by atoms with Gasteiger partial charge in [-0.25, -0.2) is 4.39 Å². The number of hydrogen-bond acceptors (Lipinski definition) is 1. The molecule has 2 aromatic rings. The number of rotatable bonds is 5. The van der Waals surface area contributed by atoms with Crippen LogP contribution in [0.15, 0.2) is 48.5 Å². The van der Waals surface area contributed by atoms with E-state index in [1.807, 2.05) is 12.1 Å². The molecule has 2 aromatic carbocycles. The van der Waals surface area contributed by atoms with Gasteiger partial charge in [-0.2, -0.15) is 0 Å². The summed E-state index contributed by atoms with van der Waals surface area (Å²) in [5.74, 6) is 0.375. The van der Waals surface area contributed by atoms with Gasteiger partial charge >= 0.3 is 0 Å². The predicted molar refractivity (Wildman–Crippen MR) is 82.2 cm³/mol. The van der Waals surface area contributed by atoms with E-state index in [9.17, 15) is 4.39 Å². The maximum absolute atomic E-state index is 12.9. The third-order valence-electron chi connectivity index (χ3n) is 3.63. The quantitative estimate of drug-likeness (QED) is 0.823. The monoisotopic (exact) mass is 271 g/mol. The molecule has 0 spiro atoms. The molecule has 1 nitrogen and oxygen atoms in total. The van der Waals surface area contributed by atoms with Crippen molar-refractivity contribution < 1.29 is 4.39 Å². The SMILES string of the molecule is CC(C)c1ccc(CN[C@@H](C)c2ccc(F)cc2)cc1. The predicted octanol–water partition coefficient (Wildman–Crippen LogP) is 4.80. The topological polar surface area (TPSA) is 12.0 Å². The minimum atomic E-state index is -0.190. The summed E-state index contributed by atoms with van der Waals surface area (Å²) in [6.45, 7) is 7.31. The highest BCUT2D eigenvalue weighted by Gasteiger charge is 2.05. The second-order valence-corrected chi connectivity index (χ2v) is 5.55. The summed E-state index contributed by atoms with van der Waals surface area (Å²) >= 11 is 0. The van der Waals surface area contributed by atoms with Gasteiger partial charge in [0.25, 0.3) is 0 Å². The first kappa shape index (κ1) is 14.7. The van der Waals surface area contributed by atoms with Crippen LogP contribution in [0.5, 0.6) is 0 Å². The van der Waals surface area contributed by atoms with E-state index < -0.39 is 0 Å². The van der Waals surface area contributed by atoms with E-state index in [2.05, 4.69) is 50.4 Å². The molecule has 106 valence electrons. The van der Waals surface area contributed by atoms with E-state index in [1.54, 1.807) is 0 Å². The van der Waals surface area contributed by atoms with Gasteiger partial charge in [0, 0.05) is 12.6 Å². The van der Waals surface area contributed by atoms with Crippen molar-refractivity contribution in [3.8, 4) is 0 Å². The minimum absolute atomic E-state index is 0.190. The number of benzene rings is 2. The van der Waals surface area contributed by atoms with E-state index in [1.165, 1.54) is 23.3 Å².